The standard InChI is InChI=1S/C15H15FN4O/c1-3-21-13-8-10(16)4-5-11(13)19-15-14-12(17-9-18-15)6-7-20(14)2/h4-9H,3H2,1-2H3,(H,17,18,19). The van der Waals surface area contributed by atoms with Gasteiger partial charge in [-0.25, -0.2) is 14.4 Å². The minimum atomic E-state index is -0.337. The largest absolute Gasteiger partial charge is 0.492 e. The molecule has 0 fully saturated rings. The van der Waals surface area contributed by atoms with Crippen molar-refractivity contribution in [2.75, 3.05) is 11.9 Å². The van der Waals surface area contributed by atoms with Gasteiger partial charge >= 0.3 is 0 Å². The molecule has 2 heterocycles. The minimum Gasteiger partial charge on any atom is -0.492 e. The number of nitrogens with one attached hydrogen (secondary N) is 1. The third-order valence-electron chi connectivity index (χ3n) is 3.16. The van der Waals surface area contributed by atoms with Gasteiger partial charge in [-0.1, -0.05) is 0 Å². The Hall–Kier alpha value is -2.63. The Labute approximate surface area is 121 Å². The Balaban J connectivity index is 2.04. The molecule has 1 N–H and O–H groups in total. The van der Waals surface area contributed by atoms with Crippen molar-refractivity contribution in [3.63, 3.8) is 0 Å². The monoisotopic (exact) mass is 286 g/mol. The quantitative estimate of drug-likeness (QED) is 0.800. The first-order valence-corrected chi connectivity index (χ1v) is 6.64. The summed E-state index contributed by atoms with van der Waals surface area (Å²) in [6.07, 6.45) is 3.41. The second-order valence-electron chi connectivity index (χ2n) is 4.58. The van der Waals surface area contributed by atoms with Gasteiger partial charge in [0, 0.05) is 19.3 Å². The number of hydrogen-bond donors (Lipinski definition) is 1. The van der Waals surface area contributed by atoms with E-state index < -0.39 is 0 Å². The Morgan fingerprint density at radius 1 is 1.29 bits per heavy atom. The summed E-state index contributed by atoms with van der Waals surface area (Å²) in [7, 11) is 1.92. The number of aryl methyl sites for hydroxylation is 1. The molecule has 0 aliphatic carbocycles. The molecule has 0 aliphatic rings. The summed E-state index contributed by atoms with van der Waals surface area (Å²) in [5.74, 6) is 0.772. The molecule has 0 atom stereocenters. The highest BCUT2D eigenvalue weighted by Gasteiger charge is 2.11. The molecule has 0 radical (unpaired) electrons. The summed E-state index contributed by atoms with van der Waals surface area (Å²) in [6, 6.07) is 6.29. The lowest BCUT2D eigenvalue weighted by atomic mass is 10.2. The maximum atomic E-state index is 13.3. The molecule has 3 rings (SSSR count). The molecule has 0 unspecified atom stereocenters. The fraction of sp³-hybridized carbons (Fsp3) is 0.200. The van der Waals surface area contributed by atoms with Gasteiger partial charge in [0.05, 0.1) is 17.8 Å². The van der Waals surface area contributed by atoms with Crippen LogP contribution < -0.4 is 10.1 Å². The molecule has 5 nitrogen and oxygen atoms in total. The summed E-state index contributed by atoms with van der Waals surface area (Å²) < 4.78 is 20.7. The van der Waals surface area contributed by atoms with Crippen LogP contribution in [0.1, 0.15) is 6.92 Å². The van der Waals surface area contributed by atoms with Crippen molar-refractivity contribution in [1.82, 2.24) is 14.5 Å². The van der Waals surface area contributed by atoms with Gasteiger partial charge in [-0.05, 0) is 25.1 Å². The van der Waals surface area contributed by atoms with Crippen LogP contribution in [0.5, 0.6) is 5.75 Å². The van der Waals surface area contributed by atoms with Crippen molar-refractivity contribution in [2.24, 2.45) is 7.05 Å². The Bertz CT molecular complexity index is 784. The molecule has 1 aromatic carbocycles. The van der Waals surface area contributed by atoms with E-state index >= 15 is 0 Å². The van der Waals surface area contributed by atoms with E-state index in [4.69, 9.17) is 4.74 Å². The molecular formula is C15H15FN4O. The van der Waals surface area contributed by atoms with Gasteiger partial charge in [-0.15, -0.1) is 0 Å². The second kappa shape index (κ2) is 5.40. The first-order chi connectivity index (χ1) is 10.2. The van der Waals surface area contributed by atoms with Crippen molar-refractivity contribution >= 4 is 22.5 Å². The Morgan fingerprint density at radius 2 is 2.14 bits per heavy atom. The third-order valence-corrected chi connectivity index (χ3v) is 3.16. The number of nitrogens with zero attached hydrogens (tertiary/aromatic N) is 3. The predicted molar refractivity (Wildman–Crippen MR) is 79.4 cm³/mol. The average Bonchev–Trinajstić information content (AvgIpc) is 2.85. The van der Waals surface area contributed by atoms with E-state index in [0.717, 1.165) is 11.0 Å². The van der Waals surface area contributed by atoms with Crippen LogP contribution in [0, 0.1) is 5.82 Å². The maximum absolute atomic E-state index is 13.3. The first-order valence-electron chi connectivity index (χ1n) is 6.64. The summed E-state index contributed by atoms with van der Waals surface area (Å²) in [5, 5.41) is 3.19. The van der Waals surface area contributed by atoms with Crippen LogP contribution in [0.4, 0.5) is 15.9 Å². The molecule has 3 aromatic rings. The molecule has 0 saturated heterocycles. The van der Waals surface area contributed by atoms with Crippen LogP contribution in [0.2, 0.25) is 0 Å². The van der Waals surface area contributed by atoms with Gasteiger partial charge in [-0.3, -0.25) is 0 Å². The summed E-state index contributed by atoms with van der Waals surface area (Å²) in [6.45, 7) is 2.32. The SMILES string of the molecule is CCOc1cc(F)ccc1Nc1ncnc2ccn(C)c12. The van der Waals surface area contributed by atoms with Crippen LogP contribution in [0.15, 0.2) is 36.8 Å². The zero-order chi connectivity index (χ0) is 14.8. The predicted octanol–water partition coefficient (Wildman–Crippen LogP) is 3.25. The molecular weight excluding hydrogens is 271 g/mol. The highest BCUT2D eigenvalue weighted by molar-refractivity contribution is 5.88. The number of benzene rings is 1. The fourth-order valence-corrected chi connectivity index (χ4v) is 2.21. The number of ether oxygens (including phenoxy) is 1. The topological polar surface area (TPSA) is 52.0 Å². The van der Waals surface area contributed by atoms with E-state index in [1.165, 1.54) is 18.5 Å². The molecule has 0 amide bonds. The smallest absolute Gasteiger partial charge is 0.158 e. The molecule has 0 bridgehead atoms. The van der Waals surface area contributed by atoms with Crippen LogP contribution in [-0.4, -0.2) is 21.1 Å². The van der Waals surface area contributed by atoms with Gasteiger partial charge in [0.2, 0.25) is 0 Å². The second-order valence-corrected chi connectivity index (χ2v) is 4.58. The zero-order valence-corrected chi connectivity index (χ0v) is 11.8. The minimum absolute atomic E-state index is 0.337. The van der Waals surface area contributed by atoms with Crippen molar-refractivity contribution in [1.29, 1.82) is 0 Å². The third kappa shape index (κ3) is 2.52. The van der Waals surface area contributed by atoms with E-state index in [2.05, 4.69) is 15.3 Å². The van der Waals surface area contributed by atoms with Crippen molar-refractivity contribution in [3.05, 3.63) is 42.6 Å². The number of anilines is 2. The zero-order valence-electron chi connectivity index (χ0n) is 11.8. The molecule has 21 heavy (non-hydrogen) atoms. The number of halogens is 1. The van der Waals surface area contributed by atoms with Crippen LogP contribution in [0.25, 0.3) is 11.0 Å². The highest BCUT2D eigenvalue weighted by atomic mass is 19.1. The Kier molecular flexibility index (Phi) is 3.43. The lowest BCUT2D eigenvalue weighted by Gasteiger charge is -2.13. The van der Waals surface area contributed by atoms with E-state index in [0.29, 0.717) is 23.9 Å². The van der Waals surface area contributed by atoms with Crippen molar-refractivity contribution in [2.45, 2.75) is 6.92 Å². The molecule has 0 saturated carbocycles. The van der Waals surface area contributed by atoms with Gasteiger partial charge < -0.3 is 14.6 Å². The fourth-order valence-electron chi connectivity index (χ4n) is 2.21. The van der Waals surface area contributed by atoms with E-state index in [1.54, 1.807) is 6.07 Å². The molecule has 0 spiro atoms. The van der Waals surface area contributed by atoms with Crippen LogP contribution in [-0.2, 0) is 7.05 Å². The lowest BCUT2D eigenvalue weighted by Crippen LogP contribution is -2.02. The number of aromatic nitrogens is 3. The normalized spacial score (nSPS) is 10.8. The summed E-state index contributed by atoms with van der Waals surface area (Å²) in [4.78, 5) is 8.48. The van der Waals surface area contributed by atoms with Crippen LogP contribution in [0.3, 0.4) is 0 Å². The molecule has 6 heteroatoms. The van der Waals surface area contributed by atoms with E-state index in [-0.39, 0.29) is 5.82 Å². The maximum Gasteiger partial charge on any atom is 0.158 e. The number of hydrogen-bond acceptors (Lipinski definition) is 4. The van der Waals surface area contributed by atoms with Gasteiger partial charge in [0.25, 0.3) is 0 Å². The van der Waals surface area contributed by atoms with E-state index in [9.17, 15) is 4.39 Å². The lowest BCUT2D eigenvalue weighted by molar-refractivity contribution is 0.340. The van der Waals surface area contributed by atoms with Gasteiger partial charge in [0.1, 0.15) is 23.4 Å². The van der Waals surface area contributed by atoms with Crippen LogP contribution >= 0.6 is 0 Å². The summed E-state index contributed by atoms with van der Waals surface area (Å²) in [5.41, 5.74) is 2.39. The average molecular weight is 286 g/mol. The Morgan fingerprint density at radius 3 is 2.95 bits per heavy atom. The molecule has 0 aliphatic heterocycles. The van der Waals surface area contributed by atoms with Crippen molar-refractivity contribution in [3.8, 4) is 5.75 Å². The molecule has 108 valence electrons. The van der Waals surface area contributed by atoms with Gasteiger partial charge in [-0.2, -0.15) is 0 Å². The van der Waals surface area contributed by atoms with Crippen molar-refractivity contribution < 1.29 is 9.13 Å². The number of fused-ring (bicyclic) bond motifs is 1. The first kappa shape index (κ1) is 13.4. The summed E-state index contributed by atoms with van der Waals surface area (Å²) >= 11 is 0. The van der Waals surface area contributed by atoms with Gasteiger partial charge in [0.15, 0.2) is 5.82 Å². The van der Waals surface area contributed by atoms with E-state index in [1.807, 2.05) is 30.8 Å². The molecule has 2 aromatic heterocycles. The number of rotatable bonds is 4. The highest BCUT2D eigenvalue weighted by Crippen LogP contribution is 2.30.